The van der Waals surface area contributed by atoms with E-state index < -0.39 is 0 Å². The smallest absolute Gasteiger partial charge is 0.203 e. The molecule has 0 saturated carbocycles. The van der Waals surface area contributed by atoms with Gasteiger partial charge in [-0.15, -0.1) is 0 Å². The van der Waals surface area contributed by atoms with Crippen LogP contribution in [-0.2, 0) is 16.2 Å². The van der Waals surface area contributed by atoms with E-state index in [9.17, 15) is 0 Å². The maximum Gasteiger partial charge on any atom is 0.203 e. The minimum Gasteiger partial charge on any atom is -0.497 e. The second-order valence-electron chi connectivity index (χ2n) is 30.6. The van der Waals surface area contributed by atoms with Gasteiger partial charge in [-0.25, -0.2) is 0 Å². The lowest BCUT2D eigenvalue weighted by atomic mass is 9.74. The summed E-state index contributed by atoms with van der Waals surface area (Å²) in [6.07, 6.45) is 0. The molecule has 4 N–H and O–H groups in total. The molecule has 2 aromatic heterocycles. The second-order valence-corrected chi connectivity index (χ2v) is 30.6. The van der Waals surface area contributed by atoms with Crippen molar-refractivity contribution in [3.63, 3.8) is 0 Å². The molecule has 0 spiro atoms. The van der Waals surface area contributed by atoms with Crippen LogP contribution in [0.5, 0.6) is 57.5 Å². The van der Waals surface area contributed by atoms with Crippen LogP contribution in [0, 0.1) is 34.6 Å². The summed E-state index contributed by atoms with van der Waals surface area (Å²) in [5, 5.41) is 12.1. The molecule has 118 heavy (non-hydrogen) atoms. The minimum atomic E-state index is 0.0818. The monoisotopic (exact) mass is 1580 g/mol. The Bertz CT molecular complexity index is 5370. The van der Waals surface area contributed by atoms with Crippen molar-refractivity contribution in [1.82, 2.24) is 9.97 Å². The molecule has 14 heteroatoms. The van der Waals surface area contributed by atoms with Gasteiger partial charge < -0.3 is 68.0 Å². The van der Waals surface area contributed by atoms with E-state index in [-0.39, 0.29) is 16.2 Å². The first kappa shape index (κ1) is 90.6. The van der Waals surface area contributed by atoms with E-state index in [1.54, 1.807) is 71.1 Å². The molecule has 3 heterocycles. The van der Waals surface area contributed by atoms with Gasteiger partial charge in [-0.2, -0.15) is 0 Å². The highest BCUT2D eigenvalue weighted by molar-refractivity contribution is 6.08. The number of H-pyrrole nitrogens is 2. The Hall–Kier alpha value is -12.9. The van der Waals surface area contributed by atoms with Gasteiger partial charge in [0.05, 0.1) is 71.1 Å². The van der Waals surface area contributed by atoms with Gasteiger partial charge in [0.15, 0.2) is 34.5 Å². The summed E-state index contributed by atoms with van der Waals surface area (Å²) in [5.41, 5.74) is 21.3. The highest BCUT2D eigenvalue weighted by atomic mass is 16.5. The number of rotatable bonds is 12. The third-order valence-electron chi connectivity index (χ3n) is 20.3. The lowest BCUT2D eigenvalue weighted by molar-refractivity contribution is 0.322. The fraction of sp³-hybridized carbons (Fsp3) is 0.250. The Morgan fingerprint density at radius 1 is 0.271 bits per heavy atom. The number of hydrogen-bond donors (Lipinski definition) is 4. The van der Waals surface area contributed by atoms with Gasteiger partial charge in [-0.3, -0.25) is 0 Å². The SMILES string of the molecule is CC(C)(C)c1ccc2[nH]c3ccc(C(C)(C)C)cc3c2c1.CC1(C)c2ccccc2Nc2ccccc21.COc1cc(C)c(C)c(OC)c1OC.COc1ccc(C)c(C)c1OC.COc1cccc(OC)c1.COc1ccccc1C.COc1ccccc1OC.c1ccc(Nc2ccccc2)cc1.c1ccc2c(c1)[nH]c1ccccc12. The van der Waals surface area contributed by atoms with Crippen molar-refractivity contribution in [2.45, 2.75) is 106 Å². The maximum absolute atomic E-state index is 5.29. The summed E-state index contributed by atoms with van der Waals surface area (Å²) in [7, 11) is 16.4. The molecule has 0 atom stereocenters. The molecule has 1 aliphatic heterocycles. The molecule has 616 valence electrons. The van der Waals surface area contributed by atoms with Gasteiger partial charge in [0.25, 0.3) is 0 Å². The van der Waals surface area contributed by atoms with E-state index in [4.69, 9.17) is 47.4 Å². The molecule has 16 rings (SSSR count). The maximum atomic E-state index is 5.29. The second kappa shape index (κ2) is 43.7. The van der Waals surface area contributed by atoms with E-state index in [1.807, 2.05) is 179 Å². The Balaban J connectivity index is 0.000000167. The predicted molar refractivity (Wildman–Crippen MR) is 495 cm³/mol. The van der Waals surface area contributed by atoms with Crippen molar-refractivity contribution in [1.29, 1.82) is 0 Å². The normalized spacial score (nSPS) is 11.1. The van der Waals surface area contributed by atoms with E-state index in [0.717, 1.165) is 74.1 Å². The first-order valence-corrected chi connectivity index (χ1v) is 39.4. The number of hydrogen-bond acceptors (Lipinski definition) is 12. The average Bonchev–Trinajstić information content (AvgIpc) is 1.01. The lowest BCUT2D eigenvalue weighted by Crippen LogP contribution is -2.25. The minimum absolute atomic E-state index is 0.0818. The van der Waals surface area contributed by atoms with Crippen molar-refractivity contribution >= 4 is 66.4 Å². The Labute approximate surface area is 700 Å². The number of aromatic amines is 2. The van der Waals surface area contributed by atoms with E-state index in [0.29, 0.717) is 11.5 Å². The fourth-order valence-electron chi connectivity index (χ4n) is 13.3. The van der Waals surface area contributed by atoms with Crippen molar-refractivity contribution in [2.24, 2.45) is 0 Å². The summed E-state index contributed by atoms with van der Waals surface area (Å²) in [6, 6.07) is 96.6. The Morgan fingerprint density at radius 2 is 0.653 bits per heavy atom. The lowest BCUT2D eigenvalue weighted by Gasteiger charge is -2.35. The van der Waals surface area contributed by atoms with Crippen molar-refractivity contribution in [3.8, 4) is 57.5 Å². The van der Waals surface area contributed by atoms with Crippen LogP contribution < -0.4 is 58.0 Å². The van der Waals surface area contributed by atoms with Crippen molar-refractivity contribution in [2.75, 3.05) is 81.7 Å². The van der Waals surface area contributed by atoms with Gasteiger partial charge in [0, 0.05) is 77.8 Å². The Kier molecular flexibility index (Phi) is 33.5. The van der Waals surface area contributed by atoms with Crippen LogP contribution in [0.4, 0.5) is 22.7 Å². The summed E-state index contributed by atoms with van der Waals surface area (Å²) >= 11 is 0. The van der Waals surface area contributed by atoms with Crippen LogP contribution in [-0.4, -0.2) is 81.1 Å². The van der Waals surface area contributed by atoms with Gasteiger partial charge >= 0.3 is 0 Å². The number of aryl methyl sites for hydroxylation is 3. The number of benzene rings is 13. The van der Waals surface area contributed by atoms with Crippen molar-refractivity contribution < 1.29 is 47.4 Å². The quantitative estimate of drug-likeness (QED) is 0.0923. The van der Waals surface area contributed by atoms with Crippen LogP contribution in [0.2, 0.25) is 0 Å². The summed E-state index contributed by atoms with van der Waals surface area (Å²) < 4.78 is 51.1. The third kappa shape index (κ3) is 24.3. The molecule has 0 radical (unpaired) electrons. The van der Waals surface area contributed by atoms with Crippen LogP contribution in [0.1, 0.15) is 105 Å². The number of methoxy groups -OCH3 is 10. The molecule has 0 fully saturated rings. The number of aromatic nitrogens is 2. The molecule has 0 bridgehead atoms. The van der Waals surface area contributed by atoms with Gasteiger partial charge in [0.1, 0.15) is 17.2 Å². The molecule has 0 unspecified atom stereocenters. The topological polar surface area (TPSA) is 148 Å². The van der Waals surface area contributed by atoms with Crippen LogP contribution >= 0.6 is 0 Å². The Morgan fingerprint density at radius 3 is 1.06 bits per heavy atom. The number of ether oxygens (including phenoxy) is 10. The van der Waals surface area contributed by atoms with Gasteiger partial charge in [-0.05, 0) is 211 Å². The molecule has 0 saturated heterocycles. The van der Waals surface area contributed by atoms with Crippen LogP contribution in [0.15, 0.2) is 285 Å². The zero-order valence-corrected chi connectivity index (χ0v) is 73.2. The number of nitrogens with one attached hydrogen (secondary N) is 4. The summed E-state index contributed by atoms with van der Waals surface area (Å²) in [4.78, 5) is 6.91. The molecular formula is C104H120N4O10. The van der Waals surface area contributed by atoms with E-state index >= 15 is 0 Å². The van der Waals surface area contributed by atoms with E-state index in [1.165, 1.54) is 88.4 Å². The highest BCUT2D eigenvalue weighted by Crippen LogP contribution is 2.46. The summed E-state index contributed by atoms with van der Waals surface area (Å²) in [5.74, 6) is 7.85. The largest absolute Gasteiger partial charge is 0.497 e. The fourth-order valence-corrected chi connectivity index (χ4v) is 13.3. The molecular weight excluding hydrogens is 1470 g/mol. The standard InChI is InChI=1S/C20H25N.C15H15N.C12H9N.C12H11N.C11H16O3.C10H14O2.2C8H10O2.C8H10O/c1-19(2,3)13-7-9-17-15(11-13)16-12-14(20(4,5)6)8-10-18(16)21-17;1-15(2)11-7-3-5-9-13(11)16-14-10-6-4-8-12(14)15;1-3-7-11-9(5-1)10-6-2-4-8-12(10)13-11;1-3-7-11(8-4-1)13-12-9-5-2-6-10-12;1-7-6-9(12-3)11(14-5)10(13-4)8(7)2;1-7-5-6-9(11-3)10(12-4)8(7)2;1-9-7-4-3-5-8(6-7)10-2;1-9-7-5-3-4-6-8(7)10-2;1-7-5-3-4-6-8(7)9-2/h7-12,21H,1-6H3;3-10,16H,1-2H3;1-8,13H;1-10,13H;6H,1-5H3;5-6H,1-4H3;2*3-6H,1-2H3;3-6H,1-2H3. The van der Waals surface area contributed by atoms with Crippen LogP contribution in [0.25, 0.3) is 43.6 Å². The molecule has 15 aromatic rings. The first-order valence-electron chi connectivity index (χ1n) is 39.4. The van der Waals surface area contributed by atoms with Gasteiger partial charge in [-0.1, -0.05) is 219 Å². The molecule has 13 aromatic carbocycles. The average molecular weight is 1590 g/mol. The first-order chi connectivity index (χ1) is 56.7. The molecule has 0 aliphatic carbocycles. The number of para-hydroxylation sites is 9. The van der Waals surface area contributed by atoms with Crippen LogP contribution in [0.3, 0.4) is 0 Å². The highest BCUT2D eigenvalue weighted by Gasteiger charge is 2.32. The van der Waals surface area contributed by atoms with Gasteiger partial charge in [0.2, 0.25) is 5.75 Å². The van der Waals surface area contributed by atoms with E-state index in [2.05, 4.69) is 216 Å². The molecule has 14 nitrogen and oxygen atoms in total. The third-order valence-corrected chi connectivity index (χ3v) is 20.3. The summed E-state index contributed by atoms with van der Waals surface area (Å²) in [6.45, 7) is 28.3. The predicted octanol–water partition coefficient (Wildman–Crippen LogP) is 26.8. The molecule has 1 aliphatic rings. The zero-order valence-electron chi connectivity index (χ0n) is 73.2. The number of anilines is 4. The van der Waals surface area contributed by atoms with Crippen molar-refractivity contribution in [3.05, 3.63) is 335 Å². The molecule has 0 amide bonds. The number of fused-ring (bicyclic) bond motifs is 8. The zero-order chi connectivity index (χ0) is 85.5.